The predicted octanol–water partition coefficient (Wildman–Crippen LogP) is 1.26. The first-order valence-electron chi connectivity index (χ1n) is 5.75. The fraction of sp³-hybridized carbons (Fsp3) is 0.500. The lowest BCUT2D eigenvalue weighted by atomic mass is 10.1. The minimum Gasteiger partial charge on any atom is -0.396 e. The van der Waals surface area contributed by atoms with Crippen LogP contribution in [0.25, 0.3) is 0 Å². The van der Waals surface area contributed by atoms with Gasteiger partial charge in [0.1, 0.15) is 5.82 Å². The smallest absolute Gasteiger partial charge is 0.215 e. The molecule has 0 aliphatic carbocycles. The van der Waals surface area contributed by atoms with Crippen LogP contribution in [-0.2, 0) is 15.8 Å². The molecule has 0 spiro atoms. The highest BCUT2D eigenvalue weighted by atomic mass is 32.2. The zero-order chi connectivity index (χ0) is 13.6. The molecule has 102 valence electrons. The lowest BCUT2D eigenvalue weighted by Crippen LogP contribution is -2.29. The maximum Gasteiger partial charge on any atom is 0.215 e. The first-order chi connectivity index (χ1) is 8.43. The van der Waals surface area contributed by atoms with E-state index in [2.05, 4.69) is 4.72 Å². The maximum absolute atomic E-state index is 12.7. The largest absolute Gasteiger partial charge is 0.396 e. The Balaban J connectivity index is 2.52. The van der Waals surface area contributed by atoms with Gasteiger partial charge in [0.25, 0.3) is 0 Å². The number of aliphatic hydroxyl groups is 1. The number of rotatable bonds is 7. The molecule has 0 amide bonds. The molecule has 0 bridgehead atoms. The summed E-state index contributed by atoms with van der Waals surface area (Å²) in [5.41, 5.74) is 0.540. The molecule has 1 unspecified atom stereocenters. The predicted molar refractivity (Wildman–Crippen MR) is 67.9 cm³/mol. The molecule has 0 heterocycles. The second-order valence-electron chi connectivity index (χ2n) is 4.35. The summed E-state index contributed by atoms with van der Waals surface area (Å²) in [6, 6.07) is 5.37. The third-order valence-corrected chi connectivity index (χ3v) is 3.86. The van der Waals surface area contributed by atoms with Crippen molar-refractivity contribution in [2.24, 2.45) is 5.92 Å². The number of aliphatic hydroxyl groups excluding tert-OH is 1. The van der Waals surface area contributed by atoms with Crippen LogP contribution in [0.1, 0.15) is 18.9 Å². The highest BCUT2D eigenvalue weighted by Crippen LogP contribution is 2.07. The number of sulfonamides is 1. The van der Waals surface area contributed by atoms with Crippen LogP contribution in [-0.4, -0.2) is 26.7 Å². The summed E-state index contributed by atoms with van der Waals surface area (Å²) in [7, 11) is -3.41. The van der Waals surface area contributed by atoms with E-state index in [0.717, 1.165) is 0 Å². The van der Waals surface area contributed by atoms with Crippen molar-refractivity contribution in [3.63, 3.8) is 0 Å². The molecule has 0 saturated carbocycles. The summed E-state index contributed by atoms with van der Waals surface area (Å²) in [4.78, 5) is 0. The minimum absolute atomic E-state index is 0.0425. The lowest BCUT2D eigenvalue weighted by molar-refractivity contribution is 0.263. The van der Waals surface area contributed by atoms with Gasteiger partial charge in [0.2, 0.25) is 10.0 Å². The van der Waals surface area contributed by atoms with E-state index in [4.69, 9.17) is 5.11 Å². The van der Waals surface area contributed by atoms with Gasteiger partial charge in [-0.05, 0) is 30.0 Å². The van der Waals surface area contributed by atoms with Crippen molar-refractivity contribution in [1.82, 2.24) is 4.72 Å². The molecule has 6 heteroatoms. The average molecular weight is 275 g/mol. The molecule has 1 aromatic rings. The minimum atomic E-state index is -3.41. The monoisotopic (exact) mass is 275 g/mol. The number of nitrogens with one attached hydrogen (secondary N) is 1. The van der Waals surface area contributed by atoms with Gasteiger partial charge in [0.05, 0.1) is 5.75 Å². The standard InChI is InChI=1S/C12H18FNO3S/c1-10(6-7-15)8-14-18(16,17)9-11-2-4-12(13)5-3-11/h2-5,10,14-15H,6-9H2,1H3. The van der Waals surface area contributed by atoms with Gasteiger partial charge in [-0.1, -0.05) is 19.1 Å². The number of halogens is 1. The molecular formula is C12H18FNO3S. The SMILES string of the molecule is CC(CCO)CNS(=O)(=O)Cc1ccc(F)cc1. The molecule has 0 saturated heterocycles. The van der Waals surface area contributed by atoms with Crippen molar-refractivity contribution in [3.05, 3.63) is 35.6 Å². The van der Waals surface area contributed by atoms with E-state index in [9.17, 15) is 12.8 Å². The van der Waals surface area contributed by atoms with Crippen LogP contribution in [0, 0.1) is 11.7 Å². The Bertz CT molecular complexity index is 459. The molecule has 2 N–H and O–H groups in total. The summed E-state index contributed by atoms with van der Waals surface area (Å²) >= 11 is 0. The average Bonchev–Trinajstić information content (AvgIpc) is 2.30. The van der Waals surface area contributed by atoms with Crippen molar-refractivity contribution in [3.8, 4) is 0 Å². The summed E-state index contributed by atoms with van der Waals surface area (Å²) in [6.07, 6.45) is 0.555. The molecule has 1 aromatic carbocycles. The van der Waals surface area contributed by atoms with Gasteiger partial charge >= 0.3 is 0 Å². The molecule has 1 atom stereocenters. The molecule has 0 fully saturated rings. The fourth-order valence-electron chi connectivity index (χ4n) is 1.44. The maximum atomic E-state index is 12.7. The van der Waals surface area contributed by atoms with Crippen LogP contribution in [0.3, 0.4) is 0 Å². The number of hydrogen-bond acceptors (Lipinski definition) is 3. The van der Waals surface area contributed by atoms with Crippen LogP contribution < -0.4 is 4.72 Å². The normalized spacial score (nSPS) is 13.5. The van der Waals surface area contributed by atoms with E-state index in [1.54, 1.807) is 0 Å². The summed E-state index contributed by atoms with van der Waals surface area (Å²) in [5, 5.41) is 8.71. The topological polar surface area (TPSA) is 66.4 Å². The first kappa shape index (κ1) is 15.1. The quantitative estimate of drug-likeness (QED) is 0.787. The van der Waals surface area contributed by atoms with Gasteiger partial charge in [-0.25, -0.2) is 17.5 Å². The van der Waals surface area contributed by atoms with Crippen LogP contribution in [0.15, 0.2) is 24.3 Å². The van der Waals surface area contributed by atoms with Crippen molar-refractivity contribution in [2.75, 3.05) is 13.2 Å². The van der Waals surface area contributed by atoms with E-state index in [-0.39, 0.29) is 24.1 Å². The molecule has 0 aliphatic rings. The van der Waals surface area contributed by atoms with Crippen molar-refractivity contribution >= 4 is 10.0 Å². The third kappa shape index (κ3) is 5.57. The van der Waals surface area contributed by atoms with E-state index >= 15 is 0 Å². The Hall–Kier alpha value is -0.980. The highest BCUT2D eigenvalue weighted by molar-refractivity contribution is 7.88. The van der Waals surface area contributed by atoms with E-state index in [0.29, 0.717) is 18.5 Å². The van der Waals surface area contributed by atoms with Crippen molar-refractivity contribution in [1.29, 1.82) is 0 Å². The summed E-state index contributed by atoms with van der Waals surface area (Å²) < 4.78 is 38.6. The Morgan fingerprint density at radius 1 is 1.33 bits per heavy atom. The summed E-state index contributed by atoms with van der Waals surface area (Å²) in [5.74, 6) is -0.474. The van der Waals surface area contributed by atoms with Gasteiger partial charge in [-0.2, -0.15) is 0 Å². The van der Waals surface area contributed by atoms with Crippen LogP contribution in [0.4, 0.5) is 4.39 Å². The zero-order valence-electron chi connectivity index (χ0n) is 10.3. The molecule has 0 aromatic heterocycles. The Labute approximate surface area is 107 Å². The third-order valence-electron chi connectivity index (χ3n) is 2.54. The van der Waals surface area contributed by atoms with E-state index < -0.39 is 10.0 Å². The Kier molecular flexibility index (Phi) is 5.71. The molecular weight excluding hydrogens is 257 g/mol. The summed E-state index contributed by atoms with van der Waals surface area (Å²) in [6.45, 7) is 2.20. The van der Waals surface area contributed by atoms with Crippen LogP contribution >= 0.6 is 0 Å². The van der Waals surface area contributed by atoms with Gasteiger partial charge in [0, 0.05) is 13.2 Å². The molecule has 1 rings (SSSR count). The second-order valence-corrected chi connectivity index (χ2v) is 6.16. The van der Waals surface area contributed by atoms with Gasteiger partial charge in [-0.15, -0.1) is 0 Å². The van der Waals surface area contributed by atoms with Gasteiger partial charge < -0.3 is 5.11 Å². The number of benzene rings is 1. The van der Waals surface area contributed by atoms with Crippen molar-refractivity contribution < 1.29 is 17.9 Å². The fourth-order valence-corrected chi connectivity index (χ4v) is 2.71. The first-order valence-corrected chi connectivity index (χ1v) is 7.41. The van der Waals surface area contributed by atoms with Crippen molar-refractivity contribution in [2.45, 2.75) is 19.1 Å². The van der Waals surface area contributed by atoms with Gasteiger partial charge in [-0.3, -0.25) is 0 Å². The second kappa shape index (κ2) is 6.82. The Morgan fingerprint density at radius 3 is 2.50 bits per heavy atom. The number of hydrogen-bond donors (Lipinski definition) is 2. The van der Waals surface area contributed by atoms with Crippen LogP contribution in [0.5, 0.6) is 0 Å². The molecule has 18 heavy (non-hydrogen) atoms. The molecule has 4 nitrogen and oxygen atoms in total. The van der Waals surface area contributed by atoms with E-state index in [1.165, 1.54) is 24.3 Å². The highest BCUT2D eigenvalue weighted by Gasteiger charge is 2.13. The molecule has 0 aliphatic heterocycles. The molecule has 0 radical (unpaired) electrons. The zero-order valence-corrected chi connectivity index (χ0v) is 11.1. The Morgan fingerprint density at radius 2 is 1.94 bits per heavy atom. The lowest BCUT2D eigenvalue weighted by Gasteiger charge is -2.11. The van der Waals surface area contributed by atoms with Crippen LogP contribution in [0.2, 0.25) is 0 Å². The van der Waals surface area contributed by atoms with Gasteiger partial charge in [0.15, 0.2) is 0 Å². The van der Waals surface area contributed by atoms with E-state index in [1.807, 2.05) is 6.92 Å².